The van der Waals surface area contributed by atoms with Gasteiger partial charge in [0.1, 0.15) is 17.3 Å². The molecule has 0 unspecified atom stereocenters. The monoisotopic (exact) mass is 423 g/mol. The van der Waals surface area contributed by atoms with Crippen LogP contribution >= 0.6 is 15.9 Å². The molecular formula is C21H14BrNO4. The fourth-order valence-corrected chi connectivity index (χ4v) is 3.20. The van der Waals surface area contributed by atoms with Gasteiger partial charge >= 0.3 is 5.97 Å². The third-order valence-electron chi connectivity index (χ3n) is 4.00. The molecule has 0 fully saturated rings. The summed E-state index contributed by atoms with van der Waals surface area (Å²) in [7, 11) is 1.55. The van der Waals surface area contributed by atoms with Crippen LogP contribution in [-0.2, 0) is 9.53 Å². The van der Waals surface area contributed by atoms with Crippen LogP contribution in [0, 0.1) is 0 Å². The van der Waals surface area contributed by atoms with Gasteiger partial charge in [0, 0.05) is 16.1 Å². The summed E-state index contributed by atoms with van der Waals surface area (Å²) in [6.45, 7) is 0. The summed E-state index contributed by atoms with van der Waals surface area (Å²) < 4.78 is 17.4. The number of cyclic esters (lactones) is 1. The largest absolute Gasteiger partial charge is 0.496 e. The molecule has 0 radical (unpaired) electrons. The molecule has 0 amide bonds. The number of ether oxygens (including phenoxy) is 2. The second kappa shape index (κ2) is 7.25. The van der Waals surface area contributed by atoms with E-state index in [2.05, 4.69) is 20.9 Å². The number of esters is 1. The quantitative estimate of drug-likeness (QED) is 0.434. The molecule has 27 heavy (non-hydrogen) atoms. The number of rotatable bonds is 4. The first-order chi connectivity index (χ1) is 13.2. The van der Waals surface area contributed by atoms with Crippen LogP contribution in [0.5, 0.6) is 5.75 Å². The van der Waals surface area contributed by atoms with Crippen LogP contribution in [0.25, 0.3) is 17.4 Å². The predicted molar refractivity (Wildman–Crippen MR) is 105 cm³/mol. The van der Waals surface area contributed by atoms with E-state index >= 15 is 0 Å². The second-order valence-corrected chi connectivity index (χ2v) is 6.57. The SMILES string of the molecule is COc1ccccc1C1=N/C(=C/c2ccc(-c3ccccc3Br)o2)C(=O)O1. The number of nitrogens with zero attached hydrogens (tertiary/aromatic N) is 1. The molecule has 0 saturated heterocycles. The molecule has 2 aromatic carbocycles. The number of methoxy groups -OCH3 is 1. The average molecular weight is 424 g/mol. The van der Waals surface area contributed by atoms with Crippen molar-refractivity contribution in [3.05, 3.63) is 82.2 Å². The summed E-state index contributed by atoms with van der Waals surface area (Å²) in [6, 6.07) is 18.6. The third-order valence-corrected chi connectivity index (χ3v) is 4.69. The van der Waals surface area contributed by atoms with Crippen LogP contribution in [0.4, 0.5) is 0 Å². The number of benzene rings is 2. The van der Waals surface area contributed by atoms with Gasteiger partial charge in [-0.25, -0.2) is 9.79 Å². The Hall–Kier alpha value is -3.12. The highest BCUT2D eigenvalue weighted by Crippen LogP contribution is 2.31. The molecule has 0 spiro atoms. The van der Waals surface area contributed by atoms with Crippen LogP contribution in [0.1, 0.15) is 11.3 Å². The van der Waals surface area contributed by atoms with Crippen molar-refractivity contribution in [2.45, 2.75) is 0 Å². The van der Waals surface area contributed by atoms with E-state index in [1.807, 2.05) is 42.5 Å². The molecule has 3 aromatic rings. The first kappa shape index (κ1) is 17.3. The van der Waals surface area contributed by atoms with Crippen molar-refractivity contribution < 1.29 is 18.7 Å². The Labute approximate surface area is 164 Å². The summed E-state index contributed by atoms with van der Waals surface area (Å²) >= 11 is 3.50. The normalized spacial score (nSPS) is 15.0. The van der Waals surface area contributed by atoms with E-state index in [4.69, 9.17) is 13.9 Å². The summed E-state index contributed by atoms with van der Waals surface area (Å²) in [5.41, 5.74) is 1.71. The lowest BCUT2D eigenvalue weighted by atomic mass is 10.2. The van der Waals surface area contributed by atoms with Gasteiger partial charge in [-0.1, -0.05) is 46.3 Å². The lowest BCUT2D eigenvalue weighted by Gasteiger charge is -2.05. The fraction of sp³-hybridized carbons (Fsp3) is 0.0476. The molecule has 1 aromatic heterocycles. The maximum absolute atomic E-state index is 12.2. The van der Waals surface area contributed by atoms with Crippen LogP contribution in [0.3, 0.4) is 0 Å². The zero-order valence-electron chi connectivity index (χ0n) is 14.3. The van der Waals surface area contributed by atoms with Crippen molar-refractivity contribution in [3.63, 3.8) is 0 Å². The molecular weight excluding hydrogens is 410 g/mol. The molecule has 1 aliphatic heterocycles. The highest BCUT2D eigenvalue weighted by Gasteiger charge is 2.26. The molecule has 4 rings (SSSR count). The van der Waals surface area contributed by atoms with E-state index in [1.54, 1.807) is 31.4 Å². The van der Waals surface area contributed by atoms with Crippen molar-refractivity contribution in [2.24, 2.45) is 4.99 Å². The number of aliphatic imine (C=N–C) groups is 1. The smallest absolute Gasteiger partial charge is 0.363 e. The molecule has 5 nitrogen and oxygen atoms in total. The summed E-state index contributed by atoms with van der Waals surface area (Å²) in [6.07, 6.45) is 1.56. The maximum atomic E-state index is 12.2. The summed E-state index contributed by atoms with van der Waals surface area (Å²) in [4.78, 5) is 16.5. The van der Waals surface area contributed by atoms with Crippen LogP contribution in [0.15, 0.2) is 80.2 Å². The van der Waals surface area contributed by atoms with Crippen molar-refractivity contribution in [3.8, 4) is 17.1 Å². The Morgan fingerprint density at radius 1 is 1.00 bits per heavy atom. The molecule has 2 heterocycles. The topological polar surface area (TPSA) is 61.0 Å². The Morgan fingerprint density at radius 3 is 2.52 bits per heavy atom. The van der Waals surface area contributed by atoms with Gasteiger partial charge in [0.25, 0.3) is 0 Å². The number of hydrogen-bond acceptors (Lipinski definition) is 5. The minimum atomic E-state index is -0.533. The first-order valence-electron chi connectivity index (χ1n) is 8.16. The Morgan fingerprint density at radius 2 is 1.74 bits per heavy atom. The predicted octanol–water partition coefficient (Wildman–Crippen LogP) is 5.06. The lowest BCUT2D eigenvalue weighted by molar-refractivity contribution is -0.129. The number of carbonyl (C=O) groups is 1. The Bertz CT molecular complexity index is 1080. The molecule has 0 aliphatic carbocycles. The highest BCUT2D eigenvalue weighted by atomic mass is 79.9. The van der Waals surface area contributed by atoms with Gasteiger partial charge < -0.3 is 13.9 Å². The van der Waals surface area contributed by atoms with Crippen molar-refractivity contribution in [1.29, 1.82) is 0 Å². The molecule has 6 heteroatoms. The number of hydrogen-bond donors (Lipinski definition) is 0. The molecule has 0 saturated carbocycles. The van der Waals surface area contributed by atoms with E-state index in [0.717, 1.165) is 10.0 Å². The van der Waals surface area contributed by atoms with E-state index in [1.165, 1.54) is 0 Å². The number of halogens is 1. The fourth-order valence-electron chi connectivity index (χ4n) is 2.72. The van der Waals surface area contributed by atoms with Gasteiger partial charge in [-0.05, 0) is 30.3 Å². The standard InChI is InChI=1S/C21H14BrNO4/c1-25-18-9-5-3-7-15(18)20-23-17(21(24)27-20)12-13-10-11-19(26-13)14-6-2-4-8-16(14)22/h2-12H,1H3/b17-12+. The molecule has 134 valence electrons. The minimum absolute atomic E-state index is 0.170. The molecule has 0 N–H and O–H groups in total. The second-order valence-electron chi connectivity index (χ2n) is 5.72. The molecule has 1 aliphatic rings. The van der Waals surface area contributed by atoms with E-state index in [-0.39, 0.29) is 11.6 Å². The van der Waals surface area contributed by atoms with Gasteiger partial charge in [-0.2, -0.15) is 0 Å². The van der Waals surface area contributed by atoms with E-state index in [9.17, 15) is 4.79 Å². The highest BCUT2D eigenvalue weighted by molar-refractivity contribution is 9.10. The van der Waals surface area contributed by atoms with Crippen LogP contribution < -0.4 is 4.74 Å². The number of furan rings is 1. The van der Waals surface area contributed by atoms with Gasteiger partial charge in [0.2, 0.25) is 5.90 Å². The van der Waals surface area contributed by atoms with E-state index < -0.39 is 5.97 Å². The van der Waals surface area contributed by atoms with Crippen LogP contribution in [0.2, 0.25) is 0 Å². The zero-order valence-corrected chi connectivity index (χ0v) is 15.9. The van der Waals surface area contributed by atoms with Crippen molar-refractivity contribution in [2.75, 3.05) is 7.11 Å². The molecule has 0 atom stereocenters. The van der Waals surface area contributed by atoms with Crippen molar-refractivity contribution in [1.82, 2.24) is 0 Å². The van der Waals surface area contributed by atoms with Gasteiger partial charge in [0.05, 0.1) is 12.7 Å². The average Bonchev–Trinajstić information content (AvgIpc) is 3.29. The molecule has 0 bridgehead atoms. The summed E-state index contributed by atoms with van der Waals surface area (Å²) in [5.74, 6) is 1.46. The first-order valence-corrected chi connectivity index (χ1v) is 8.95. The zero-order chi connectivity index (χ0) is 18.8. The van der Waals surface area contributed by atoms with Crippen molar-refractivity contribution >= 4 is 33.9 Å². The number of para-hydroxylation sites is 1. The maximum Gasteiger partial charge on any atom is 0.363 e. The minimum Gasteiger partial charge on any atom is -0.496 e. The van der Waals surface area contributed by atoms with Crippen LogP contribution in [-0.4, -0.2) is 19.0 Å². The third kappa shape index (κ3) is 3.44. The van der Waals surface area contributed by atoms with Gasteiger partial charge in [-0.3, -0.25) is 0 Å². The Kier molecular flexibility index (Phi) is 4.64. The van der Waals surface area contributed by atoms with Gasteiger partial charge in [0.15, 0.2) is 5.70 Å². The number of carbonyl (C=O) groups excluding carboxylic acids is 1. The van der Waals surface area contributed by atoms with E-state index in [0.29, 0.717) is 22.8 Å². The van der Waals surface area contributed by atoms with Gasteiger partial charge in [-0.15, -0.1) is 0 Å². The Balaban J connectivity index is 1.66. The summed E-state index contributed by atoms with van der Waals surface area (Å²) in [5, 5.41) is 0. The lowest BCUT2D eigenvalue weighted by Crippen LogP contribution is -2.06.